The second-order valence-corrected chi connectivity index (χ2v) is 3.24. The van der Waals surface area contributed by atoms with Crippen molar-refractivity contribution in [3.63, 3.8) is 0 Å². The van der Waals surface area contributed by atoms with Crippen molar-refractivity contribution in [2.75, 3.05) is 0 Å². The summed E-state index contributed by atoms with van der Waals surface area (Å²) in [7, 11) is 0. The molecule has 1 aromatic heterocycles. The third-order valence-corrected chi connectivity index (χ3v) is 2.03. The Bertz CT molecular complexity index is 338. The van der Waals surface area contributed by atoms with Gasteiger partial charge in [0.25, 0.3) is 5.91 Å². The molecule has 0 aliphatic rings. The Kier molecular flexibility index (Phi) is 3.76. The van der Waals surface area contributed by atoms with Gasteiger partial charge in [0.1, 0.15) is 5.69 Å². The number of amides is 1. The van der Waals surface area contributed by atoms with E-state index in [9.17, 15) is 13.6 Å². The molecule has 0 bridgehead atoms. The number of hydrogen-bond donors (Lipinski definition) is 1. The van der Waals surface area contributed by atoms with Crippen molar-refractivity contribution >= 4 is 5.91 Å². The standard InChI is InChI=1S/C9H13F2N3O/c1-3-6(2)12-8(15)7-4-5-14(13-7)9(10)11/h4-6,9H,3H2,1-2H3,(H,12,15). The number of nitrogens with one attached hydrogen (secondary N) is 1. The summed E-state index contributed by atoms with van der Waals surface area (Å²) in [5.74, 6) is -0.427. The van der Waals surface area contributed by atoms with E-state index in [1.807, 2.05) is 13.8 Å². The number of nitrogens with zero attached hydrogens (tertiary/aromatic N) is 2. The Labute approximate surface area is 86.3 Å². The van der Waals surface area contributed by atoms with Crippen molar-refractivity contribution in [3.05, 3.63) is 18.0 Å². The molecule has 4 nitrogen and oxygen atoms in total. The van der Waals surface area contributed by atoms with Crippen molar-refractivity contribution in [2.45, 2.75) is 32.9 Å². The van der Waals surface area contributed by atoms with Gasteiger partial charge in [-0.2, -0.15) is 13.9 Å². The molecule has 1 amide bonds. The summed E-state index contributed by atoms with van der Waals surface area (Å²) in [5.41, 5.74) is 0.00981. The van der Waals surface area contributed by atoms with Gasteiger partial charge in [-0.25, -0.2) is 4.68 Å². The molecule has 0 saturated carbocycles. The van der Waals surface area contributed by atoms with Gasteiger partial charge >= 0.3 is 6.55 Å². The third kappa shape index (κ3) is 3.00. The van der Waals surface area contributed by atoms with Crippen LogP contribution in [0.1, 0.15) is 37.3 Å². The summed E-state index contributed by atoms with van der Waals surface area (Å²) in [4.78, 5) is 11.4. The maximum Gasteiger partial charge on any atom is 0.333 e. The van der Waals surface area contributed by atoms with Crippen LogP contribution < -0.4 is 5.32 Å². The number of hydrogen-bond acceptors (Lipinski definition) is 2. The number of rotatable bonds is 4. The van der Waals surface area contributed by atoms with Crippen molar-refractivity contribution in [1.29, 1.82) is 0 Å². The monoisotopic (exact) mass is 217 g/mol. The highest BCUT2D eigenvalue weighted by molar-refractivity contribution is 5.92. The van der Waals surface area contributed by atoms with E-state index in [0.29, 0.717) is 4.68 Å². The fraction of sp³-hybridized carbons (Fsp3) is 0.556. The van der Waals surface area contributed by atoms with E-state index in [1.54, 1.807) is 0 Å². The summed E-state index contributed by atoms with van der Waals surface area (Å²) in [6.07, 6.45) is 1.86. The van der Waals surface area contributed by atoms with Crippen LogP contribution in [0.25, 0.3) is 0 Å². The lowest BCUT2D eigenvalue weighted by Gasteiger charge is -2.09. The lowest BCUT2D eigenvalue weighted by Crippen LogP contribution is -2.32. The van der Waals surface area contributed by atoms with Gasteiger partial charge in [0.05, 0.1) is 0 Å². The van der Waals surface area contributed by atoms with Crippen LogP contribution in [0, 0.1) is 0 Å². The molecule has 1 N–H and O–H groups in total. The van der Waals surface area contributed by atoms with Crippen molar-refractivity contribution < 1.29 is 13.6 Å². The minimum absolute atomic E-state index is 0.00852. The van der Waals surface area contributed by atoms with Gasteiger partial charge in [-0.05, 0) is 19.4 Å². The first-order valence-electron chi connectivity index (χ1n) is 4.68. The fourth-order valence-electron chi connectivity index (χ4n) is 0.968. The van der Waals surface area contributed by atoms with Crippen LogP contribution in [0.15, 0.2) is 12.3 Å². The molecule has 1 atom stereocenters. The molecular weight excluding hydrogens is 204 g/mol. The highest BCUT2D eigenvalue weighted by Gasteiger charge is 2.14. The average molecular weight is 217 g/mol. The second kappa shape index (κ2) is 4.86. The molecule has 0 spiro atoms. The molecule has 0 aliphatic carbocycles. The highest BCUT2D eigenvalue weighted by Crippen LogP contribution is 2.08. The number of halogens is 2. The molecule has 84 valence electrons. The smallest absolute Gasteiger partial charge is 0.333 e. The quantitative estimate of drug-likeness (QED) is 0.836. The topological polar surface area (TPSA) is 46.9 Å². The largest absolute Gasteiger partial charge is 0.348 e. The van der Waals surface area contributed by atoms with Gasteiger partial charge < -0.3 is 5.32 Å². The number of carbonyl (C=O) groups excluding carboxylic acids is 1. The number of alkyl halides is 2. The van der Waals surface area contributed by atoms with Crippen LogP contribution in [0.3, 0.4) is 0 Å². The van der Waals surface area contributed by atoms with E-state index < -0.39 is 12.5 Å². The SMILES string of the molecule is CCC(C)NC(=O)c1ccn(C(F)F)n1. The summed E-state index contributed by atoms with van der Waals surface area (Å²) in [6.45, 7) is 1.04. The van der Waals surface area contributed by atoms with Crippen molar-refractivity contribution in [1.82, 2.24) is 15.1 Å². The van der Waals surface area contributed by atoms with Crippen molar-refractivity contribution in [2.24, 2.45) is 0 Å². The van der Waals surface area contributed by atoms with Crippen molar-refractivity contribution in [3.8, 4) is 0 Å². The Morgan fingerprint density at radius 2 is 2.33 bits per heavy atom. The van der Waals surface area contributed by atoms with E-state index in [4.69, 9.17) is 0 Å². The van der Waals surface area contributed by atoms with Gasteiger partial charge in [0, 0.05) is 12.2 Å². The molecule has 1 unspecified atom stereocenters. The van der Waals surface area contributed by atoms with Gasteiger partial charge in [-0.3, -0.25) is 4.79 Å². The zero-order valence-corrected chi connectivity index (χ0v) is 8.58. The predicted octanol–water partition coefficient (Wildman–Crippen LogP) is 1.81. The first kappa shape index (κ1) is 11.6. The summed E-state index contributed by atoms with van der Waals surface area (Å²) < 4.78 is 24.7. The Balaban J connectivity index is 2.66. The Hall–Kier alpha value is -1.46. The third-order valence-electron chi connectivity index (χ3n) is 2.03. The van der Waals surface area contributed by atoms with Crippen LogP contribution in [0.4, 0.5) is 8.78 Å². The lowest BCUT2D eigenvalue weighted by atomic mass is 10.2. The molecule has 6 heteroatoms. The van der Waals surface area contributed by atoms with Crippen LogP contribution in [-0.2, 0) is 0 Å². The molecule has 1 aromatic rings. The Morgan fingerprint density at radius 3 is 2.80 bits per heavy atom. The molecule has 0 radical (unpaired) electrons. The summed E-state index contributed by atoms with van der Waals surface area (Å²) in [5, 5.41) is 6.09. The molecule has 0 fully saturated rings. The summed E-state index contributed by atoms with van der Waals surface area (Å²) in [6, 6.07) is 1.28. The lowest BCUT2D eigenvalue weighted by molar-refractivity contribution is 0.0559. The zero-order valence-electron chi connectivity index (χ0n) is 8.58. The van der Waals surface area contributed by atoms with Gasteiger partial charge in [-0.15, -0.1) is 0 Å². The summed E-state index contributed by atoms with van der Waals surface area (Å²) >= 11 is 0. The predicted molar refractivity (Wildman–Crippen MR) is 50.7 cm³/mol. The van der Waals surface area contributed by atoms with E-state index in [-0.39, 0.29) is 11.7 Å². The minimum atomic E-state index is -2.71. The molecule has 15 heavy (non-hydrogen) atoms. The van der Waals surface area contributed by atoms with E-state index in [1.165, 1.54) is 6.07 Å². The second-order valence-electron chi connectivity index (χ2n) is 3.24. The first-order chi connectivity index (χ1) is 7.04. The van der Waals surface area contributed by atoms with Crippen LogP contribution >= 0.6 is 0 Å². The fourth-order valence-corrected chi connectivity index (χ4v) is 0.968. The van der Waals surface area contributed by atoms with E-state index in [2.05, 4.69) is 10.4 Å². The zero-order chi connectivity index (χ0) is 11.4. The van der Waals surface area contributed by atoms with E-state index >= 15 is 0 Å². The Morgan fingerprint density at radius 1 is 1.67 bits per heavy atom. The molecule has 1 rings (SSSR count). The van der Waals surface area contributed by atoms with E-state index in [0.717, 1.165) is 12.6 Å². The normalized spacial score (nSPS) is 12.9. The molecule has 0 aromatic carbocycles. The van der Waals surface area contributed by atoms with Gasteiger partial charge in [0.2, 0.25) is 0 Å². The van der Waals surface area contributed by atoms with Crippen LogP contribution in [0.2, 0.25) is 0 Å². The molecule has 0 saturated heterocycles. The minimum Gasteiger partial charge on any atom is -0.348 e. The molecular formula is C9H13F2N3O. The first-order valence-corrected chi connectivity index (χ1v) is 4.68. The maximum absolute atomic E-state index is 12.1. The van der Waals surface area contributed by atoms with Crippen LogP contribution in [-0.4, -0.2) is 21.7 Å². The van der Waals surface area contributed by atoms with Gasteiger partial charge in [0.15, 0.2) is 0 Å². The van der Waals surface area contributed by atoms with Crippen LogP contribution in [0.5, 0.6) is 0 Å². The maximum atomic E-state index is 12.1. The molecule has 1 heterocycles. The molecule has 0 aliphatic heterocycles. The average Bonchev–Trinajstić information content (AvgIpc) is 2.66. The number of carbonyl (C=O) groups is 1. The van der Waals surface area contributed by atoms with Gasteiger partial charge in [-0.1, -0.05) is 6.92 Å². The highest BCUT2D eigenvalue weighted by atomic mass is 19.3. The number of aromatic nitrogens is 2.